The van der Waals surface area contributed by atoms with Gasteiger partial charge in [-0.25, -0.2) is 0 Å². The van der Waals surface area contributed by atoms with Crippen molar-refractivity contribution in [3.63, 3.8) is 0 Å². The van der Waals surface area contributed by atoms with Gasteiger partial charge in [0.05, 0.1) is 16.6 Å². The van der Waals surface area contributed by atoms with Crippen LogP contribution in [0.4, 0.5) is 0 Å². The second-order valence-corrected chi connectivity index (χ2v) is 7.45. The van der Waals surface area contributed by atoms with E-state index in [9.17, 15) is 9.59 Å². The summed E-state index contributed by atoms with van der Waals surface area (Å²) in [6, 6.07) is 4.97. The Balaban J connectivity index is 1.56. The topological polar surface area (TPSA) is 43.9 Å². The summed E-state index contributed by atoms with van der Waals surface area (Å²) in [5, 5.41) is 0.834. The molecule has 0 unspecified atom stereocenters. The molecule has 1 aromatic rings. The van der Waals surface area contributed by atoms with Crippen LogP contribution in [0.2, 0.25) is 10.0 Å². The van der Waals surface area contributed by atoms with Crippen molar-refractivity contribution in [3.05, 3.63) is 33.8 Å². The molecule has 2 aliphatic heterocycles. The van der Waals surface area contributed by atoms with Gasteiger partial charge in [0.25, 0.3) is 5.91 Å². The zero-order valence-corrected chi connectivity index (χ0v) is 15.7. The largest absolute Gasteiger partial charge is 0.342 e. The highest BCUT2D eigenvalue weighted by Gasteiger charge is 2.24. The summed E-state index contributed by atoms with van der Waals surface area (Å²) in [6.07, 6.45) is 3.08. The molecule has 2 heterocycles. The van der Waals surface area contributed by atoms with Gasteiger partial charge in [0.15, 0.2) is 0 Å². The predicted octanol–water partition coefficient (Wildman–Crippen LogP) is 2.76. The maximum absolute atomic E-state index is 12.7. The minimum absolute atomic E-state index is 0.0358. The van der Waals surface area contributed by atoms with Crippen molar-refractivity contribution in [2.75, 3.05) is 45.8 Å². The highest BCUT2D eigenvalue weighted by atomic mass is 35.5. The fraction of sp³-hybridized carbons (Fsp3) is 0.556. The van der Waals surface area contributed by atoms with Crippen molar-refractivity contribution in [1.82, 2.24) is 14.7 Å². The first-order valence-electron chi connectivity index (χ1n) is 8.79. The molecule has 0 radical (unpaired) electrons. The van der Waals surface area contributed by atoms with Gasteiger partial charge in [-0.05, 0) is 37.5 Å². The molecule has 25 heavy (non-hydrogen) atoms. The molecule has 3 rings (SSSR count). The molecule has 0 saturated carbocycles. The van der Waals surface area contributed by atoms with Crippen LogP contribution in [0, 0.1) is 0 Å². The van der Waals surface area contributed by atoms with Crippen molar-refractivity contribution >= 4 is 35.0 Å². The molecule has 5 nitrogen and oxygen atoms in total. The van der Waals surface area contributed by atoms with Gasteiger partial charge < -0.3 is 9.80 Å². The smallest absolute Gasteiger partial charge is 0.253 e. The Morgan fingerprint density at radius 1 is 0.840 bits per heavy atom. The number of nitrogens with zero attached hydrogens (tertiary/aromatic N) is 3. The zero-order valence-electron chi connectivity index (χ0n) is 14.2. The molecule has 1 aromatic carbocycles. The van der Waals surface area contributed by atoms with Crippen molar-refractivity contribution in [3.8, 4) is 0 Å². The van der Waals surface area contributed by atoms with Gasteiger partial charge in [0, 0.05) is 44.8 Å². The molecule has 2 amide bonds. The Hall–Kier alpha value is -1.30. The first-order valence-corrected chi connectivity index (χ1v) is 9.54. The molecule has 136 valence electrons. The van der Waals surface area contributed by atoms with Crippen LogP contribution in [0.5, 0.6) is 0 Å². The van der Waals surface area contributed by atoms with Crippen LogP contribution in [-0.4, -0.2) is 72.3 Å². The maximum atomic E-state index is 12.7. The van der Waals surface area contributed by atoms with Gasteiger partial charge in [-0.1, -0.05) is 23.2 Å². The third-order valence-electron chi connectivity index (χ3n) is 4.86. The van der Waals surface area contributed by atoms with Gasteiger partial charge in [-0.3, -0.25) is 14.5 Å². The van der Waals surface area contributed by atoms with E-state index in [1.165, 1.54) is 0 Å². The lowest BCUT2D eigenvalue weighted by molar-refractivity contribution is -0.131. The minimum Gasteiger partial charge on any atom is -0.342 e. The Labute approximate surface area is 158 Å². The van der Waals surface area contributed by atoms with Crippen molar-refractivity contribution in [2.24, 2.45) is 0 Å². The molecule has 0 bridgehead atoms. The lowest BCUT2D eigenvalue weighted by atomic mass is 10.2. The molecule has 2 saturated heterocycles. The quantitative estimate of drug-likeness (QED) is 0.805. The summed E-state index contributed by atoms with van der Waals surface area (Å²) >= 11 is 11.9. The Bertz CT molecular complexity index is 647. The van der Waals surface area contributed by atoms with E-state index >= 15 is 0 Å². The first-order chi connectivity index (χ1) is 12.0. The summed E-state index contributed by atoms with van der Waals surface area (Å²) in [7, 11) is 0. The van der Waals surface area contributed by atoms with Crippen LogP contribution in [-0.2, 0) is 4.79 Å². The lowest BCUT2D eigenvalue weighted by Crippen LogP contribution is -2.41. The Morgan fingerprint density at radius 2 is 1.56 bits per heavy atom. The fourth-order valence-electron chi connectivity index (χ4n) is 3.40. The number of carbonyl (C=O) groups is 2. The van der Waals surface area contributed by atoms with E-state index in [1.54, 1.807) is 18.2 Å². The van der Waals surface area contributed by atoms with Gasteiger partial charge in [-0.15, -0.1) is 0 Å². The normalized spacial score (nSPS) is 19.1. The number of amides is 2. The molecular weight excluding hydrogens is 361 g/mol. The zero-order chi connectivity index (χ0) is 17.8. The molecule has 0 aliphatic carbocycles. The average Bonchev–Trinajstić information content (AvgIpc) is 3.04. The van der Waals surface area contributed by atoms with Crippen molar-refractivity contribution in [1.29, 1.82) is 0 Å². The number of halogens is 2. The van der Waals surface area contributed by atoms with Gasteiger partial charge in [0.2, 0.25) is 5.91 Å². The third kappa shape index (κ3) is 4.66. The van der Waals surface area contributed by atoms with E-state index in [4.69, 9.17) is 23.2 Å². The number of hydrogen-bond acceptors (Lipinski definition) is 3. The van der Waals surface area contributed by atoms with Gasteiger partial charge >= 0.3 is 0 Å². The summed E-state index contributed by atoms with van der Waals surface area (Å²) < 4.78 is 0. The van der Waals surface area contributed by atoms with Crippen LogP contribution in [0.25, 0.3) is 0 Å². The number of likely N-dealkylation sites (tertiary alicyclic amines) is 1. The van der Waals surface area contributed by atoms with Gasteiger partial charge in [0.1, 0.15) is 0 Å². The Morgan fingerprint density at radius 3 is 2.28 bits per heavy atom. The fourth-order valence-corrected chi connectivity index (χ4v) is 3.70. The molecule has 0 spiro atoms. The van der Waals surface area contributed by atoms with E-state index in [0.717, 1.165) is 38.9 Å². The van der Waals surface area contributed by atoms with E-state index in [1.807, 2.05) is 9.80 Å². The summed E-state index contributed by atoms with van der Waals surface area (Å²) in [5.41, 5.74) is 0.552. The van der Waals surface area contributed by atoms with Gasteiger partial charge in [-0.2, -0.15) is 0 Å². The summed E-state index contributed by atoms with van der Waals surface area (Å²) in [5.74, 6) is 0.174. The molecule has 2 fully saturated rings. The number of rotatable bonds is 3. The second-order valence-electron chi connectivity index (χ2n) is 6.64. The molecular formula is C18H23Cl2N3O2. The lowest BCUT2D eigenvalue weighted by Gasteiger charge is -2.24. The molecule has 2 aliphatic rings. The highest BCUT2D eigenvalue weighted by molar-refractivity contribution is 6.42. The predicted molar refractivity (Wildman–Crippen MR) is 99.2 cm³/mol. The molecule has 7 heteroatoms. The summed E-state index contributed by atoms with van der Waals surface area (Å²) in [4.78, 5) is 30.9. The van der Waals surface area contributed by atoms with E-state index in [0.29, 0.717) is 41.8 Å². The second kappa shape index (κ2) is 8.39. The SMILES string of the molecule is O=C(CN1CCCN(C(=O)c2ccc(Cl)c(Cl)c2)CC1)N1CCCC1. The standard InChI is InChI=1S/C18H23Cl2N3O2/c19-15-5-4-14(12-16(15)20)18(25)23-9-3-6-21(10-11-23)13-17(24)22-7-1-2-8-22/h4-5,12H,1-3,6-11,13H2. The van der Waals surface area contributed by atoms with Crippen LogP contribution in [0.1, 0.15) is 29.6 Å². The van der Waals surface area contributed by atoms with Crippen LogP contribution >= 0.6 is 23.2 Å². The molecule has 0 atom stereocenters. The molecule has 0 N–H and O–H groups in total. The van der Waals surface area contributed by atoms with Crippen LogP contribution < -0.4 is 0 Å². The van der Waals surface area contributed by atoms with E-state index < -0.39 is 0 Å². The minimum atomic E-state index is -0.0358. The monoisotopic (exact) mass is 383 g/mol. The van der Waals surface area contributed by atoms with Crippen LogP contribution in [0.3, 0.4) is 0 Å². The Kier molecular flexibility index (Phi) is 6.20. The number of carbonyl (C=O) groups excluding carboxylic acids is 2. The summed E-state index contributed by atoms with van der Waals surface area (Å²) in [6.45, 7) is 5.08. The average molecular weight is 384 g/mol. The maximum Gasteiger partial charge on any atom is 0.253 e. The third-order valence-corrected chi connectivity index (χ3v) is 5.60. The number of benzene rings is 1. The van der Waals surface area contributed by atoms with Crippen molar-refractivity contribution in [2.45, 2.75) is 19.3 Å². The van der Waals surface area contributed by atoms with Crippen LogP contribution in [0.15, 0.2) is 18.2 Å². The van der Waals surface area contributed by atoms with E-state index in [-0.39, 0.29) is 11.8 Å². The van der Waals surface area contributed by atoms with Crippen molar-refractivity contribution < 1.29 is 9.59 Å². The molecule has 0 aromatic heterocycles. The highest BCUT2D eigenvalue weighted by Crippen LogP contribution is 2.23. The van der Waals surface area contributed by atoms with E-state index in [2.05, 4.69) is 4.90 Å². The first kappa shape index (κ1) is 18.5. The number of hydrogen-bond donors (Lipinski definition) is 0.